The van der Waals surface area contributed by atoms with Crippen molar-refractivity contribution in [1.29, 1.82) is 0 Å². The summed E-state index contributed by atoms with van der Waals surface area (Å²) in [5.41, 5.74) is 0. The molecule has 2 fully saturated rings. The molecule has 104 valence electrons. The minimum Gasteiger partial charge on any atom is -0.338 e. The van der Waals surface area contributed by atoms with Gasteiger partial charge < -0.3 is 15.5 Å². The summed E-state index contributed by atoms with van der Waals surface area (Å²) >= 11 is 0. The molecule has 0 aliphatic carbocycles. The number of urea groups is 1. The summed E-state index contributed by atoms with van der Waals surface area (Å²) in [6.45, 7) is 7.26. The smallest absolute Gasteiger partial charge is 0.317 e. The molecule has 0 unspecified atom stereocenters. The van der Waals surface area contributed by atoms with Crippen LogP contribution in [0.15, 0.2) is 0 Å². The molecular weight excluding hydrogens is 226 g/mol. The Labute approximate surface area is 110 Å². The van der Waals surface area contributed by atoms with Crippen LogP contribution < -0.4 is 10.6 Å². The van der Waals surface area contributed by atoms with Gasteiger partial charge in [-0.3, -0.25) is 0 Å². The Hall–Kier alpha value is -0.770. The summed E-state index contributed by atoms with van der Waals surface area (Å²) in [6, 6.07) is 0.149. The van der Waals surface area contributed by atoms with Crippen LogP contribution in [0, 0.1) is 11.8 Å². The molecule has 0 aromatic carbocycles. The van der Waals surface area contributed by atoms with E-state index in [0.717, 1.165) is 63.8 Å². The van der Waals surface area contributed by atoms with Crippen molar-refractivity contribution in [2.75, 3.05) is 32.7 Å². The summed E-state index contributed by atoms with van der Waals surface area (Å²) in [4.78, 5) is 13.9. The average Bonchev–Trinajstić information content (AvgIpc) is 2.40. The molecule has 0 saturated carbocycles. The van der Waals surface area contributed by atoms with E-state index in [4.69, 9.17) is 0 Å². The molecule has 0 bridgehead atoms. The standard InChI is InChI=1S/C14H27N3O/c1-12-5-10-17(11-6-12)14(18)16-9-4-13-2-7-15-8-3-13/h12-13,15H,2-11H2,1H3,(H,16,18). The van der Waals surface area contributed by atoms with Crippen LogP contribution in [0.4, 0.5) is 4.79 Å². The van der Waals surface area contributed by atoms with Crippen LogP contribution in [0.25, 0.3) is 0 Å². The average molecular weight is 253 g/mol. The molecule has 2 saturated heterocycles. The normalized spacial score (nSPS) is 23.1. The van der Waals surface area contributed by atoms with Crippen LogP contribution in [0.3, 0.4) is 0 Å². The van der Waals surface area contributed by atoms with E-state index in [1.807, 2.05) is 4.90 Å². The van der Waals surface area contributed by atoms with Crippen LogP contribution >= 0.6 is 0 Å². The molecule has 0 aromatic heterocycles. The van der Waals surface area contributed by atoms with Crippen molar-refractivity contribution in [3.05, 3.63) is 0 Å². The van der Waals surface area contributed by atoms with Crippen molar-refractivity contribution in [2.45, 2.75) is 39.0 Å². The molecule has 2 aliphatic rings. The van der Waals surface area contributed by atoms with Crippen molar-refractivity contribution in [1.82, 2.24) is 15.5 Å². The van der Waals surface area contributed by atoms with Gasteiger partial charge in [-0.25, -0.2) is 4.79 Å². The van der Waals surface area contributed by atoms with E-state index in [2.05, 4.69) is 17.6 Å². The second-order valence-corrected chi connectivity index (χ2v) is 5.88. The molecule has 0 atom stereocenters. The first kappa shape index (κ1) is 13.7. The number of carbonyl (C=O) groups is 1. The Balaban J connectivity index is 1.59. The zero-order chi connectivity index (χ0) is 12.8. The highest BCUT2D eigenvalue weighted by Crippen LogP contribution is 2.17. The van der Waals surface area contributed by atoms with Crippen molar-refractivity contribution in [3.8, 4) is 0 Å². The number of rotatable bonds is 3. The molecule has 0 radical (unpaired) electrons. The van der Waals surface area contributed by atoms with Gasteiger partial charge in [-0.15, -0.1) is 0 Å². The Morgan fingerprint density at radius 2 is 1.89 bits per heavy atom. The third-order valence-corrected chi connectivity index (χ3v) is 4.36. The number of carbonyl (C=O) groups excluding carboxylic acids is 1. The Morgan fingerprint density at radius 3 is 2.56 bits per heavy atom. The third kappa shape index (κ3) is 4.16. The fourth-order valence-corrected chi connectivity index (χ4v) is 2.88. The highest BCUT2D eigenvalue weighted by atomic mass is 16.2. The van der Waals surface area contributed by atoms with E-state index in [1.54, 1.807) is 0 Å². The van der Waals surface area contributed by atoms with Crippen LogP contribution in [0.5, 0.6) is 0 Å². The number of piperidine rings is 2. The van der Waals surface area contributed by atoms with Gasteiger partial charge in [0.25, 0.3) is 0 Å². The summed E-state index contributed by atoms with van der Waals surface area (Å²) in [5.74, 6) is 1.58. The summed E-state index contributed by atoms with van der Waals surface area (Å²) in [6.07, 6.45) is 5.97. The van der Waals surface area contributed by atoms with Crippen LogP contribution in [0.2, 0.25) is 0 Å². The molecular formula is C14H27N3O. The molecule has 2 rings (SSSR count). The molecule has 0 spiro atoms. The molecule has 2 amide bonds. The van der Waals surface area contributed by atoms with Gasteiger partial charge in [0.15, 0.2) is 0 Å². The van der Waals surface area contributed by atoms with E-state index in [0.29, 0.717) is 0 Å². The van der Waals surface area contributed by atoms with Gasteiger partial charge in [0.2, 0.25) is 0 Å². The Morgan fingerprint density at radius 1 is 1.22 bits per heavy atom. The number of nitrogens with one attached hydrogen (secondary N) is 2. The molecule has 2 N–H and O–H groups in total. The van der Waals surface area contributed by atoms with Crippen molar-refractivity contribution < 1.29 is 4.79 Å². The predicted octanol–water partition coefficient (Wildman–Crippen LogP) is 1.82. The molecule has 2 aliphatic heterocycles. The second kappa shape index (κ2) is 6.98. The summed E-state index contributed by atoms with van der Waals surface area (Å²) < 4.78 is 0. The molecule has 4 nitrogen and oxygen atoms in total. The van der Waals surface area contributed by atoms with E-state index < -0.39 is 0 Å². The summed E-state index contributed by atoms with van der Waals surface area (Å²) in [7, 11) is 0. The van der Waals surface area contributed by atoms with Crippen LogP contribution in [-0.4, -0.2) is 43.7 Å². The molecule has 18 heavy (non-hydrogen) atoms. The van der Waals surface area contributed by atoms with Crippen molar-refractivity contribution in [2.24, 2.45) is 11.8 Å². The van der Waals surface area contributed by atoms with Gasteiger partial charge in [-0.05, 0) is 57.0 Å². The van der Waals surface area contributed by atoms with E-state index in [-0.39, 0.29) is 6.03 Å². The van der Waals surface area contributed by atoms with E-state index >= 15 is 0 Å². The number of hydrogen-bond donors (Lipinski definition) is 2. The lowest BCUT2D eigenvalue weighted by atomic mass is 9.95. The maximum atomic E-state index is 11.9. The number of likely N-dealkylation sites (tertiary alicyclic amines) is 1. The summed E-state index contributed by atoms with van der Waals surface area (Å²) in [5, 5.41) is 6.46. The highest BCUT2D eigenvalue weighted by molar-refractivity contribution is 5.74. The maximum Gasteiger partial charge on any atom is 0.317 e. The fourth-order valence-electron chi connectivity index (χ4n) is 2.88. The van der Waals surface area contributed by atoms with Gasteiger partial charge in [-0.2, -0.15) is 0 Å². The van der Waals surface area contributed by atoms with Crippen molar-refractivity contribution >= 4 is 6.03 Å². The lowest BCUT2D eigenvalue weighted by molar-refractivity contribution is 0.173. The lowest BCUT2D eigenvalue weighted by Crippen LogP contribution is -2.44. The maximum absolute atomic E-state index is 11.9. The zero-order valence-corrected chi connectivity index (χ0v) is 11.6. The number of nitrogens with zero attached hydrogens (tertiary/aromatic N) is 1. The van der Waals surface area contributed by atoms with Crippen molar-refractivity contribution in [3.63, 3.8) is 0 Å². The monoisotopic (exact) mass is 253 g/mol. The minimum atomic E-state index is 0.149. The van der Waals surface area contributed by atoms with Crippen LogP contribution in [-0.2, 0) is 0 Å². The first-order valence-electron chi connectivity index (χ1n) is 7.49. The quantitative estimate of drug-likeness (QED) is 0.806. The zero-order valence-electron chi connectivity index (χ0n) is 11.6. The van der Waals surface area contributed by atoms with E-state index in [1.165, 1.54) is 12.8 Å². The van der Waals surface area contributed by atoms with Gasteiger partial charge in [0, 0.05) is 19.6 Å². The Kier molecular flexibility index (Phi) is 5.29. The largest absolute Gasteiger partial charge is 0.338 e. The third-order valence-electron chi connectivity index (χ3n) is 4.36. The van der Waals surface area contributed by atoms with Gasteiger partial charge in [0.1, 0.15) is 0 Å². The molecule has 4 heteroatoms. The number of amides is 2. The highest BCUT2D eigenvalue weighted by Gasteiger charge is 2.20. The predicted molar refractivity (Wildman–Crippen MR) is 73.6 cm³/mol. The SMILES string of the molecule is CC1CCN(C(=O)NCCC2CCNCC2)CC1. The number of hydrogen-bond acceptors (Lipinski definition) is 2. The van der Waals surface area contributed by atoms with Gasteiger partial charge in [0.05, 0.1) is 0 Å². The Bertz CT molecular complexity index is 256. The van der Waals surface area contributed by atoms with Gasteiger partial charge in [-0.1, -0.05) is 6.92 Å². The fraction of sp³-hybridized carbons (Fsp3) is 0.929. The topological polar surface area (TPSA) is 44.4 Å². The molecule has 0 aromatic rings. The molecule has 2 heterocycles. The first-order chi connectivity index (χ1) is 8.75. The van der Waals surface area contributed by atoms with E-state index in [9.17, 15) is 4.79 Å². The first-order valence-corrected chi connectivity index (χ1v) is 7.49. The van der Waals surface area contributed by atoms with Crippen LogP contribution in [0.1, 0.15) is 39.0 Å². The lowest BCUT2D eigenvalue weighted by Gasteiger charge is -2.30. The van der Waals surface area contributed by atoms with Gasteiger partial charge >= 0.3 is 6.03 Å². The second-order valence-electron chi connectivity index (χ2n) is 5.88. The minimum absolute atomic E-state index is 0.149.